The molecule has 4 rings (SSSR count). The van der Waals surface area contributed by atoms with E-state index in [-0.39, 0.29) is 17.9 Å². The Bertz CT molecular complexity index is 1010. The first-order valence-corrected chi connectivity index (χ1v) is 10.3. The number of likely N-dealkylation sites (tertiary alicyclic amines) is 1. The van der Waals surface area contributed by atoms with Crippen LogP contribution in [0, 0.1) is 0 Å². The molecule has 1 fully saturated rings. The number of hydrogen-bond acceptors (Lipinski definition) is 5. The quantitative estimate of drug-likeness (QED) is 0.625. The standard InChI is InChI=1S/C23H27N5O2/c1-16(2)23-25-10-12-28(23)21-15-24-14-19(26-21)20-5-4-11-27(20)22(29)13-17-6-8-18(30-3)9-7-17/h6-10,12,14-16,20H,4-5,11,13H2,1-3H3/t20-/m1/s1. The maximum atomic E-state index is 13.0. The maximum absolute atomic E-state index is 13.0. The number of rotatable bonds is 6. The number of methoxy groups -OCH3 is 1. The second kappa shape index (κ2) is 8.65. The summed E-state index contributed by atoms with van der Waals surface area (Å²) in [5, 5.41) is 0. The molecule has 7 heteroatoms. The highest BCUT2D eigenvalue weighted by Gasteiger charge is 2.31. The molecule has 3 heterocycles. The van der Waals surface area contributed by atoms with Gasteiger partial charge in [0.15, 0.2) is 5.82 Å². The number of imidazole rings is 1. The summed E-state index contributed by atoms with van der Waals surface area (Å²) < 4.78 is 7.17. The predicted molar refractivity (Wildman–Crippen MR) is 114 cm³/mol. The third kappa shape index (κ3) is 4.06. The Morgan fingerprint density at radius 2 is 2.03 bits per heavy atom. The molecule has 0 radical (unpaired) electrons. The van der Waals surface area contributed by atoms with Crippen LogP contribution in [-0.2, 0) is 11.2 Å². The van der Waals surface area contributed by atoms with Crippen LogP contribution in [0.4, 0.5) is 0 Å². The van der Waals surface area contributed by atoms with E-state index in [0.29, 0.717) is 6.42 Å². The number of nitrogens with zero attached hydrogens (tertiary/aromatic N) is 5. The van der Waals surface area contributed by atoms with E-state index in [2.05, 4.69) is 23.8 Å². The van der Waals surface area contributed by atoms with E-state index in [0.717, 1.165) is 48.0 Å². The number of hydrogen-bond donors (Lipinski definition) is 0. The largest absolute Gasteiger partial charge is 0.497 e. The molecule has 0 N–H and O–H groups in total. The minimum atomic E-state index is -0.0470. The van der Waals surface area contributed by atoms with E-state index in [1.807, 2.05) is 39.9 Å². The Balaban J connectivity index is 1.54. The van der Waals surface area contributed by atoms with Gasteiger partial charge in [-0.1, -0.05) is 26.0 Å². The molecule has 1 aromatic carbocycles. The summed E-state index contributed by atoms with van der Waals surface area (Å²) in [4.78, 5) is 28.7. The van der Waals surface area contributed by atoms with Crippen molar-refractivity contribution in [1.29, 1.82) is 0 Å². The number of carbonyl (C=O) groups is 1. The summed E-state index contributed by atoms with van der Waals surface area (Å²) in [6.07, 6.45) is 9.44. The van der Waals surface area contributed by atoms with Crippen LogP contribution >= 0.6 is 0 Å². The number of aromatic nitrogens is 4. The van der Waals surface area contributed by atoms with Crippen molar-refractivity contribution < 1.29 is 9.53 Å². The van der Waals surface area contributed by atoms with Gasteiger partial charge in [0.05, 0.1) is 37.7 Å². The van der Waals surface area contributed by atoms with Crippen molar-refractivity contribution in [1.82, 2.24) is 24.4 Å². The Hall–Kier alpha value is -3.22. The van der Waals surface area contributed by atoms with E-state index in [4.69, 9.17) is 9.72 Å². The third-order valence-corrected chi connectivity index (χ3v) is 5.50. The average molecular weight is 406 g/mol. The molecule has 0 spiro atoms. The molecule has 1 atom stereocenters. The van der Waals surface area contributed by atoms with Crippen LogP contribution in [0.25, 0.3) is 5.82 Å². The minimum Gasteiger partial charge on any atom is -0.497 e. The highest BCUT2D eigenvalue weighted by molar-refractivity contribution is 5.79. The van der Waals surface area contributed by atoms with E-state index in [9.17, 15) is 4.79 Å². The van der Waals surface area contributed by atoms with Gasteiger partial charge in [-0.15, -0.1) is 0 Å². The van der Waals surface area contributed by atoms with Gasteiger partial charge >= 0.3 is 0 Å². The van der Waals surface area contributed by atoms with Gasteiger partial charge < -0.3 is 9.64 Å². The predicted octanol–water partition coefficient (Wildman–Crippen LogP) is 3.70. The Morgan fingerprint density at radius 3 is 2.77 bits per heavy atom. The van der Waals surface area contributed by atoms with E-state index in [1.165, 1.54) is 0 Å². The lowest BCUT2D eigenvalue weighted by atomic mass is 10.1. The average Bonchev–Trinajstić information content (AvgIpc) is 3.44. The van der Waals surface area contributed by atoms with Gasteiger partial charge in [-0.3, -0.25) is 14.3 Å². The summed E-state index contributed by atoms with van der Waals surface area (Å²) in [5.74, 6) is 2.86. The van der Waals surface area contributed by atoms with Gasteiger partial charge in [0, 0.05) is 24.9 Å². The molecular weight excluding hydrogens is 378 g/mol. The molecule has 0 saturated carbocycles. The summed E-state index contributed by atoms with van der Waals surface area (Å²) in [6.45, 7) is 4.95. The SMILES string of the molecule is COc1ccc(CC(=O)N2CCC[C@@H]2c2cncc(-n3ccnc3C(C)C)n2)cc1. The second-order valence-electron chi connectivity index (χ2n) is 7.88. The van der Waals surface area contributed by atoms with Gasteiger partial charge in [0.25, 0.3) is 0 Å². The van der Waals surface area contributed by atoms with Gasteiger partial charge in [-0.05, 0) is 30.5 Å². The molecule has 0 bridgehead atoms. The number of ether oxygens (including phenoxy) is 1. The topological polar surface area (TPSA) is 73.1 Å². The molecule has 1 aliphatic heterocycles. The second-order valence-corrected chi connectivity index (χ2v) is 7.88. The monoisotopic (exact) mass is 405 g/mol. The van der Waals surface area contributed by atoms with Crippen molar-refractivity contribution >= 4 is 5.91 Å². The van der Waals surface area contributed by atoms with Crippen LogP contribution in [0.3, 0.4) is 0 Å². The summed E-state index contributed by atoms with van der Waals surface area (Å²) in [5.41, 5.74) is 1.81. The van der Waals surface area contributed by atoms with Crippen molar-refractivity contribution in [2.24, 2.45) is 0 Å². The lowest BCUT2D eigenvalue weighted by Gasteiger charge is -2.24. The van der Waals surface area contributed by atoms with Crippen molar-refractivity contribution in [2.45, 2.75) is 45.1 Å². The maximum Gasteiger partial charge on any atom is 0.227 e. The van der Waals surface area contributed by atoms with E-state index in [1.54, 1.807) is 25.7 Å². The Kier molecular flexibility index (Phi) is 5.79. The Labute approximate surface area is 176 Å². The molecular formula is C23H27N5O2. The first-order chi connectivity index (χ1) is 14.6. The first-order valence-electron chi connectivity index (χ1n) is 10.3. The smallest absolute Gasteiger partial charge is 0.227 e. The number of amides is 1. The van der Waals surface area contributed by atoms with Crippen molar-refractivity contribution in [2.75, 3.05) is 13.7 Å². The van der Waals surface area contributed by atoms with Crippen molar-refractivity contribution in [3.05, 3.63) is 66.1 Å². The zero-order valence-corrected chi connectivity index (χ0v) is 17.7. The normalized spacial score (nSPS) is 16.3. The molecule has 2 aromatic heterocycles. The van der Waals surface area contributed by atoms with Crippen molar-refractivity contribution in [3.63, 3.8) is 0 Å². The van der Waals surface area contributed by atoms with Crippen molar-refractivity contribution in [3.8, 4) is 11.6 Å². The Morgan fingerprint density at radius 1 is 1.23 bits per heavy atom. The van der Waals surface area contributed by atoms with Crippen LogP contribution in [0.5, 0.6) is 5.75 Å². The molecule has 3 aromatic rings. The highest BCUT2D eigenvalue weighted by Crippen LogP contribution is 2.31. The van der Waals surface area contributed by atoms with Gasteiger partial charge in [0.2, 0.25) is 5.91 Å². The molecule has 1 aliphatic rings. The summed E-state index contributed by atoms with van der Waals surface area (Å²) in [6, 6.07) is 7.60. The van der Waals surface area contributed by atoms with Crippen LogP contribution in [0.15, 0.2) is 49.1 Å². The van der Waals surface area contributed by atoms with Gasteiger partial charge in [-0.25, -0.2) is 9.97 Å². The molecule has 7 nitrogen and oxygen atoms in total. The fourth-order valence-electron chi connectivity index (χ4n) is 3.98. The molecule has 0 aliphatic carbocycles. The van der Waals surface area contributed by atoms with Crippen LogP contribution in [0.1, 0.15) is 55.7 Å². The molecule has 1 saturated heterocycles. The fraction of sp³-hybridized carbons (Fsp3) is 0.391. The number of benzene rings is 1. The lowest BCUT2D eigenvalue weighted by molar-refractivity contribution is -0.131. The summed E-state index contributed by atoms with van der Waals surface area (Å²) >= 11 is 0. The molecule has 156 valence electrons. The van der Waals surface area contributed by atoms with Crippen LogP contribution < -0.4 is 4.74 Å². The molecule has 1 amide bonds. The number of carbonyl (C=O) groups excluding carboxylic acids is 1. The zero-order valence-electron chi connectivity index (χ0n) is 17.7. The molecule has 30 heavy (non-hydrogen) atoms. The fourth-order valence-corrected chi connectivity index (χ4v) is 3.98. The lowest BCUT2D eigenvalue weighted by Crippen LogP contribution is -2.32. The van der Waals surface area contributed by atoms with Crippen LogP contribution in [-0.4, -0.2) is 44.0 Å². The minimum absolute atomic E-state index is 0.0470. The summed E-state index contributed by atoms with van der Waals surface area (Å²) in [7, 11) is 1.64. The van der Waals surface area contributed by atoms with E-state index < -0.39 is 0 Å². The first kappa shape index (κ1) is 20.1. The van der Waals surface area contributed by atoms with Gasteiger partial charge in [-0.2, -0.15) is 0 Å². The third-order valence-electron chi connectivity index (χ3n) is 5.50. The zero-order chi connectivity index (χ0) is 21.1. The highest BCUT2D eigenvalue weighted by atomic mass is 16.5. The molecule has 0 unspecified atom stereocenters. The van der Waals surface area contributed by atoms with Crippen LogP contribution in [0.2, 0.25) is 0 Å². The van der Waals surface area contributed by atoms with Gasteiger partial charge in [0.1, 0.15) is 11.6 Å². The van der Waals surface area contributed by atoms with E-state index >= 15 is 0 Å².